The van der Waals surface area contributed by atoms with E-state index in [-0.39, 0.29) is 0 Å². The molecule has 0 aliphatic heterocycles. The first-order chi connectivity index (χ1) is 8.18. The van der Waals surface area contributed by atoms with Gasteiger partial charge in [-0.15, -0.1) is 0 Å². The number of Topliss-reactive ketones (excluding diaryl/α,β-unsaturated/α-hetero) is 1. The monoisotopic (exact) mass is 231 g/mol. The number of hydrogen-bond acceptors (Lipinski definition) is 1. The second kappa shape index (κ2) is 4.01. The van der Waals surface area contributed by atoms with Crippen molar-refractivity contribution in [2.45, 2.75) is 58.4 Å². The van der Waals surface area contributed by atoms with Crippen LogP contribution in [0.2, 0.25) is 0 Å². The lowest BCUT2D eigenvalue weighted by molar-refractivity contribution is 0.0971. The molecular weight excluding hydrogens is 210 g/mol. The third-order valence-corrected chi connectivity index (χ3v) is 4.56. The molecule has 17 heavy (non-hydrogen) atoms. The van der Waals surface area contributed by atoms with Crippen LogP contribution in [0.15, 0.2) is 12.3 Å². The lowest BCUT2D eigenvalue weighted by Crippen LogP contribution is -2.22. The van der Waals surface area contributed by atoms with E-state index in [9.17, 15) is 4.79 Å². The van der Waals surface area contributed by atoms with Crippen molar-refractivity contribution in [1.82, 2.24) is 4.57 Å². The molecule has 92 valence electrons. The smallest absolute Gasteiger partial charge is 0.164 e. The van der Waals surface area contributed by atoms with E-state index in [1.165, 1.54) is 31.4 Å². The van der Waals surface area contributed by atoms with Crippen LogP contribution in [-0.2, 0) is 13.0 Å². The molecule has 1 saturated carbocycles. The third kappa shape index (κ3) is 1.94. The molecule has 0 bridgehead atoms. The fourth-order valence-corrected chi connectivity index (χ4v) is 3.53. The second-order valence-corrected chi connectivity index (χ2v) is 6.10. The Morgan fingerprint density at radius 1 is 1.24 bits per heavy atom. The molecule has 0 saturated heterocycles. The summed E-state index contributed by atoms with van der Waals surface area (Å²) in [6.07, 6.45) is 10.4. The number of aromatic nitrogens is 1. The SMILES string of the molecule is CC1(Cn2ccc3c2CCCC3=O)CCCC1. The summed E-state index contributed by atoms with van der Waals surface area (Å²) in [5, 5.41) is 0. The first-order valence-corrected chi connectivity index (χ1v) is 6.89. The van der Waals surface area contributed by atoms with Crippen molar-refractivity contribution >= 4 is 5.78 Å². The zero-order chi connectivity index (χ0) is 11.9. The van der Waals surface area contributed by atoms with Crippen LogP contribution in [0.5, 0.6) is 0 Å². The lowest BCUT2D eigenvalue weighted by Gasteiger charge is -2.26. The topological polar surface area (TPSA) is 22.0 Å². The Morgan fingerprint density at radius 3 is 2.76 bits per heavy atom. The summed E-state index contributed by atoms with van der Waals surface area (Å²) in [7, 11) is 0. The fraction of sp³-hybridized carbons (Fsp3) is 0.667. The van der Waals surface area contributed by atoms with Crippen molar-refractivity contribution in [2.24, 2.45) is 5.41 Å². The third-order valence-electron chi connectivity index (χ3n) is 4.56. The molecule has 2 aliphatic carbocycles. The van der Waals surface area contributed by atoms with Gasteiger partial charge in [0.15, 0.2) is 5.78 Å². The molecule has 3 rings (SSSR count). The minimum absolute atomic E-state index is 0.349. The molecule has 0 atom stereocenters. The Morgan fingerprint density at radius 2 is 2.00 bits per heavy atom. The quantitative estimate of drug-likeness (QED) is 0.762. The average Bonchev–Trinajstić information content (AvgIpc) is 2.88. The van der Waals surface area contributed by atoms with Crippen LogP contribution in [0.25, 0.3) is 0 Å². The van der Waals surface area contributed by atoms with Crippen molar-refractivity contribution < 1.29 is 4.79 Å². The van der Waals surface area contributed by atoms with Crippen LogP contribution < -0.4 is 0 Å². The van der Waals surface area contributed by atoms with Gasteiger partial charge in [-0.1, -0.05) is 19.8 Å². The van der Waals surface area contributed by atoms with E-state index < -0.39 is 0 Å². The Hall–Kier alpha value is -1.05. The van der Waals surface area contributed by atoms with Gasteiger partial charge in [-0.2, -0.15) is 0 Å². The van der Waals surface area contributed by atoms with Crippen molar-refractivity contribution in [2.75, 3.05) is 0 Å². The molecule has 0 N–H and O–H groups in total. The van der Waals surface area contributed by atoms with Gasteiger partial charge in [0.25, 0.3) is 0 Å². The number of hydrogen-bond donors (Lipinski definition) is 0. The van der Waals surface area contributed by atoms with Crippen LogP contribution in [0.3, 0.4) is 0 Å². The highest BCUT2D eigenvalue weighted by atomic mass is 16.1. The van der Waals surface area contributed by atoms with Crippen LogP contribution in [-0.4, -0.2) is 10.4 Å². The predicted molar refractivity (Wildman–Crippen MR) is 68.3 cm³/mol. The highest BCUT2D eigenvalue weighted by Crippen LogP contribution is 2.39. The Bertz CT molecular complexity index is 438. The van der Waals surface area contributed by atoms with Gasteiger partial charge < -0.3 is 4.57 Å². The molecule has 0 spiro atoms. The fourth-order valence-electron chi connectivity index (χ4n) is 3.53. The van der Waals surface area contributed by atoms with E-state index in [1.807, 2.05) is 6.07 Å². The molecular formula is C15H21NO. The van der Waals surface area contributed by atoms with Gasteiger partial charge in [-0.25, -0.2) is 0 Å². The molecule has 0 aromatic carbocycles. The molecule has 2 nitrogen and oxygen atoms in total. The van der Waals surface area contributed by atoms with Crippen molar-refractivity contribution in [1.29, 1.82) is 0 Å². The largest absolute Gasteiger partial charge is 0.350 e. The number of carbonyl (C=O) groups excluding carboxylic acids is 1. The van der Waals surface area contributed by atoms with Crippen molar-refractivity contribution in [3.8, 4) is 0 Å². The molecule has 1 aromatic rings. The minimum Gasteiger partial charge on any atom is -0.350 e. The summed E-state index contributed by atoms with van der Waals surface area (Å²) < 4.78 is 2.36. The number of fused-ring (bicyclic) bond motifs is 1. The van der Waals surface area contributed by atoms with E-state index in [4.69, 9.17) is 0 Å². The van der Waals surface area contributed by atoms with E-state index in [2.05, 4.69) is 17.7 Å². The molecule has 0 unspecified atom stereocenters. The molecule has 1 aromatic heterocycles. The van der Waals surface area contributed by atoms with E-state index >= 15 is 0 Å². The van der Waals surface area contributed by atoms with E-state index in [0.717, 1.165) is 31.4 Å². The first kappa shape index (κ1) is 11.1. The van der Waals surface area contributed by atoms with Crippen molar-refractivity contribution in [3.05, 3.63) is 23.5 Å². The molecule has 1 fully saturated rings. The Kier molecular flexibility index (Phi) is 2.61. The van der Waals surface area contributed by atoms with Gasteiger partial charge in [0, 0.05) is 30.4 Å². The summed E-state index contributed by atoms with van der Waals surface area (Å²) in [5.74, 6) is 0.349. The summed E-state index contributed by atoms with van der Waals surface area (Å²) in [4.78, 5) is 11.8. The Balaban J connectivity index is 1.86. The van der Waals surface area contributed by atoms with Crippen LogP contribution in [0.1, 0.15) is 61.5 Å². The zero-order valence-corrected chi connectivity index (χ0v) is 10.7. The summed E-state index contributed by atoms with van der Waals surface area (Å²) in [6.45, 7) is 3.51. The second-order valence-electron chi connectivity index (χ2n) is 6.10. The van der Waals surface area contributed by atoms with Gasteiger partial charge >= 0.3 is 0 Å². The molecule has 0 amide bonds. The highest BCUT2D eigenvalue weighted by Gasteiger charge is 2.30. The van der Waals surface area contributed by atoms with Gasteiger partial charge in [0.2, 0.25) is 0 Å². The van der Waals surface area contributed by atoms with Crippen LogP contribution in [0.4, 0.5) is 0 Å². The number of ketones is 1. The van der Waals surface area contributed by atoms with Crippen LogP contribution in [0, 0.1) is 5.41 Å². The standard InChI is InChI=1S/C15H21NO/c1-15(8-2-3-9-15)11-16-10-7-12-13(16)5-4-6-14(12)17/h7,10H,2-6,8-9,11H2,1H3. The minimum atomic E-state index is 0.349. The normalized spacial score (nSPS) is 22.8. The van der Waals surface area contributed by atoms with Gasteiger partial charge in [0.1, 0.15) is 0 Å². The number of rotatable bonds is 2. The maximum atomic E-state index is 11.8. The maximum Gasteiger partial charge on any atom is 0.164 e. The van der Waals surface area contributed by atoms with Gasteiger partial charge in [0.05, 0.1) is 0 Å². The average molecular weight is 231 g/mol. The predicted octanol–water partition coefficient (Wildman–Crippen LogP) is 3.59. The number of nitrogens with zero attached hydrogens (tertiary/aromatic N) is 1. The summed E-state index contributed by atoms with van der Waals surface area (Å²) in [5.41, 5.74) is 2.76. The molecule has 0 radical (unpaired) electrons. The van der Waals surface area contributed by atoms with Crippen LogP contribution >= 0.6 is 0 Å². The molecule has 1 heterocycles. The maximum absolute atomic E-state index is 11.8. The summed E-state index contributed by atoms with van der Waals surface area (Å²) in [6, 6.07) is 2.04. The van der Waals surface area contributed by atoms with Crippen molar-refractivity contribution in [3.63, 3.8) is 0 Å². The lowest BCUT2D eigenvalue weighted by atomic mass is 9.88. The Labute approximate surface area is 103 Å². The van der Waals surface area contributed by atoms with E-state index in [1.54, 1.807) is 0 Å². The molecule has 2 aliphatic rings. The van der Waals surface area contributed by atoms with Gasteiger partial charge in [-0.3, -0.25) is 4.79 Å². The van der Waals surface area contributed by atoms with Gasteiger partial charge in [-0.05, 0) is 37.2 Å². The van der Waals surface area contributed by atoms with E-state index in [0.29, 0.717) is 11.2 Å². The first-order valence-electron chi connectivity index (χ1n) is 6.89. The zero-order valence-electron chi connectivity index (χ0n) is 10.7. The summed E-state index contributed by atoms with van der Waals surface area (Å²) >= 11 is 0. The number of carbonyl (C=O) groups is 1. The highest BCUT2D eigenvalue weighted by molar-refractivity contribution is 5.98. The molecule has 2 heteroatoms.